The number of hydrogen-bond donors (Lipinski definition) is 2. The van der Waals surface area contributed by atoms with Crippen LogP contribution >= 0.6 is 11.6 Å². The van der Waals surface area contributed by atoms with Gasteiger partial charge in [-0.2, -0.15) is 0 Å². The molecule has 0 spiro atoms. The number of fused-ring (bicyclic) bond motifs is 1. The predicted molar refractivity (Wildman–Crippen MR) is 127 cm³/mol. The average molecular weight is 463 g/mol. The molecule has 0 bridgehead atoms. The van der Waals surface area contributed by atoms with Crippen LogP contribution in [0.1, 0.15) is 29.1 Å². The average Bonchev–Trinajstić information content (AvgIpc) is 3.28. The Bertz CT molecular complexity index is 1270. The predicted octanol–water partition coefficient (Wildman–Crippen LogP) is 4.00. The van der Waals surface area contributed by atoms with E-state index in [1.807, 2.05) is 31.5 Å². The monoisotopic (exact) mass is 462 g/mol. The number of carbonyl (C=O) groups is 1. The number of anilines is 1. The quantitative estimate of drug-likeness (QED) is 0.465. The van der Waals surface area contributed by atoms with Crippen molar-refractivity contribution in [3.8, 4) is 11.1 Å². The molecule has 0 radical (unpaired) electrons. The molecule has 1 amide bonds. The molecule has 8 nitrogen and oxygen atoms in total. The minimum atomic E-state index is -0.334. The van der Waals surface area contributed by atoms with Crippen molar-refractivity contribution in [3.63, 3.8) is 0 Å². The SMILES string of the molecule is CC(NC(=O)c1ncc(-c2c[nH]c3ncc(N4CCOCC4)cc23)cn1)c1ccc(Cl)cc1. The van der Waals surface area contributed by atoms with Crippen LogP contribution in [0.2, 0.25) is 5.02 Å². The van der Waals surface area contributed by atoms with Crippen LogP contribution in [0.3, 0.4) is 0 Å². The first-order chi connectivity index (χ1) is 16.1. The lowest BCUT2D eigenvalue weighted by molar-refractivity contribution is 0.0929. The number of ether oxygens (including phenoxy) is 1. The molecule has 33 heavy (non-hydrogen) atoms. The summed E-state index contributed by atoms with van der Waals surface area (Å²) in [4.78, 5) is 31.3. The van der Waals surface area contributed by atoms with E-state index < -0.39 is 0 Å². The maximum absolute atomic E-state index is 12.6. The molecule has 1 aliphatic heterocycles. The van der Waals surface area contributed by atoms with Crippen molar-refractivity contribution in [1.29, 1.82) is 0 Å². The Hall–Kier alpha value is -3.49. The van der Waals surface area contributed by atoms with Crippen molar-refractivity contribution in [3.05, 3.63) is 71.5 Å². The summed E-state index contributed by atoms with van der Waals surface area (Å²) in [6.07, 6.45) is 7.10. The van der Waals surface area contributed by atoms with Crippen LogP contribution in [-0.2, 0) is 4.74 Å². The highest BCUT2D eigenvalue weighted by atomic mass is 35.5. The van der Waals surface area contributed by atoms with E-state index in [2.05, 4.69) is 36.2 Å². The number of benzene rings is 1. The number of aromatic amines is 1. The zero-order valence-electron chi connectivity index (χ0n) is 18.1. The molecule has 4 aromatic rings. The zero-order chi connectivity index (χ0) is 22.8. The van der Waals surface area contributed by atoms with Crippen molar-refractivity contribution >= 4 is 34.2 Å². The Kier molecular flexibility index (Phi) is 5.93. The third kappa shape index (κ3) is 4.53. The van der Waals surface area contributed by atoms with Crippen LogP contribution in [0, 0.1) is 0 Å². The molecule has 1 unspecified atom stereocenters. The molecule has 1 saturated heterocycles. The fraction of sp³-hybridized carbons (Fsp3) is 0.250. The summed E-state index contributed by atoms with van der Waals surface area (Å²) in [7, 11) is 0. The van der Waals surface area contributed by atoms with Gasteiger partial charge in [0.25, 0.3) is 5.91 Å². The summed E-state index contributed by atoms with van der Waals surface area (Å²) in [6, 6.07) is 9.28. The van der Waals surface area contributed by atoms with Crippen LogP contribution < -0.4 is 10.2 Å². The van der Waals surface area contributed by atoms with Crippen molar-refractivity contribution in [2.75, 3.05) is 31.2 Å². The lowest BCUT2D eigenvalue weighted by Crippen LogP contribution is -2.36. The molecule has 168 valence electrons. The van der Waals surface area contributed by atoms with Gasteiger partial charge in [-0.05, 0) is 30.7 Å². The molecule has 2 N–H and O–H groups in total. The number of nitrogens with zero attached hydrogens (tertiary/aromatic N) is 4. The van der Waals surface area contributed by atoms with E-state index in [0.29, 0.717) is 18.2 Å². The van der Waals surface area contributed by atoms with Gasteiger partial charge in [0.15, 0.2) is 0 Å². The van der Waals surface area contributed by atoms with Crippen molar-refractivity contribution in [2.24, 2.45) is 0 Å². The molecule has 1 aromatic carbocycles. The second-order valence-electron chi connectivity index (χ2n) is 7.93. The van der Waals surface area contributed by atoms with E-state index in [4.69, 9.17) is 16.3 Å². The lowest BCUT2D eigenvalue weighted by Gasteiger charge is -2.28. The molecule has 1 atom stereocenters. The molecule has 1 fully saturated rings. The van der Waals surface area contributed by atoms with Gasteiger partial charge in [0.05, 0.1) is 31.1 Å². The maximum atomic E-state index is 12.6. The van der Waals surface area contributed by atoms with Gasteiger partial charge < -0.3 is 19.9 Å². The van der Waals surface area contributed by atoms with E-state index >= 15 is 0 Å². The molecular formula is C24H23ClN6O2. The number of pyridine rings is 1. The number of amides is 1. The number of carbonyl (C=O) groups excluding carboxylic acids is 1. The minimum Gasteiger partial charge on any atom is -0.378 e. The second-order valence-corrected chi connectivity index (χ2v) is 8.37. The first-order valence-electron chi connectivity index (χ1n) is 10.8. The number of hydrogen-bond acceptors (Lipinski definition) is 6. The molecule has 9 heteroatoms. The Morgan fingerprint density at radius 1 is 1.12 bits per heavy atom. The number of aromatic nitrogens is 4. The van der Waals surface area contributed by atoms with Crippen LogP contribution in [0.4, 0.5) is 5.69 Å². The molecule has 1 aliphatic rings. The lowest BCUT2D eigenvalue weighted by atomic mass is 10.1. The number of nitrogens with one attached hydrogen (secondary N) is 2. The smallest absolute Gasteiger partial charge is 0.289 e. The van der Waals surface area contributed by atoms with Gasteiger partial charge in [0.1, 0.15) is 5.65 Å². The zero-order valence-corrected chi connectivity index (χ0v) is 18.8. The fourth-order valence-electron chi connectivity index (χ4n) is 3.91. The van der Waals surface area contributed by atoms with Crippen molar-refractivity contribution in [1.82, 2.24) is 25.3 Å². The number of halogens is 1. The van der Waals surface area contributed by atoms with Crippen LogP contribution in [-0.4, -0.2) is 52.1 Å². The van der Waals surface area contributed by atoms with Gasteiger partial charge in [-0.3, -0.25) is 4.79 Å². The summed E-state index contributed by atoms with van der Waals surface area (Å²) in [5.74, 6) is -0.217. The van der Waals surface area contributed by atoms with E-state index in [-0.39, 0.29) is 17.8 Å². The largest absolute Gasteiger partial charge is 0.378 e. The molecular weight excluding hydrogens is 440 g/mol. The van der Waals surface area contributed by atoms with E-state index in [0.717, 1.165) is 46.5 Å². The number of rotatable bonds is 5. The van der Waals surface area contributed by atoms with Crippen LogP contribution in [0.15, 0.2) is 55.1 Å². The van der Waals surface area contributed by atoms with Crippen molar-refractivity contribution in [2.45, 2.75) is 13.0 Å². The normalized spacial score (nSPS) is 14.9. The number of H-pyrrole nitrogens is 1. The van der Waals surface area contributed by atoms with Crippen molar-refractivity contribution < 1.29 is 9.53 Å². The van der Waals surface area contributed by atoms with E-state index in [9.17, 15) is 4.79 Å². The molecule has 5 rings (SSSR count). The molecule has 3 aromatic heterocycles. The highest BCUT2D eigenvalue weighted by Crippen LogP contribution is 2.30. The van der Waals surface area contributed by atoms with Gasteiger partial charge in [0.2, 0.25) is 5.82 Å². The number of morpholine rings is 1. The first kappa shape index (κ1) is 21.4. The summed E-state index contributed by atoms with van der Waals surface area (Å²) < 4.78 is 5.45. The summed E-state index contributed by atoms with van der Waals surface area (Å²) in [6.45, 7) is 5.02. The van der Waals surface area contributed by atoms with Gasteiger partial charge >= 0.3 is 0 Å². The maximum Gasteiger partial charge on any atom is 0.289 e. The first-order valence-corrected chi connectivity index (χ1v) is 11.1. The topological polar surface area (TPSA) is 96.0 Å². The Balaban J connectivity index is 1.34. The highest BCUT2D eigenvalue weighted by molar-refractivity contribution is 6.30. The Labute approximate surface area is 196 Å². The third-order valence-corrected chi connectivity index (χ3v) is 6.03. The second kappa shape index (κ2) is 9.17. The Morgan fingerprint density at radius 2 is 1.85 bits per heavy atom. The highest BCUT2D eigenvalue weighted by Gasteiger charge is 2.17. The molecule has 0 saturated carbocycles. The summed E-state index contributed by atoms with van der Waals surface area (Å²) in [5, 5.41) is 4.56. The fourth-order valence-corrected chi connectivity index (χ4v) is 4.03. The molecule has 4 heterocycles. The standard InChI is InChI=1S/C24H23ClN6O2/c1-15(16-2-4-18(25)5-3-16)30-24(32)23-26-11-17(12-27-23)21-14-29-22-20(21)10-19(13-28-22)31-6-8-33-9-7-31/h2-5,10-15H,6-9H2,1H3,(H,28,29)(H,30,32). The van der Waals surface area contributed by atoms with Gasteiger partial charge in [0, 0.05) is 53.2 Å². The third-order valence-electron chi connectivity index (χ3n) is 5.78. The van der Waals surface area contributed by atoms with Crippen LogP contribution in [0.5, 0.6) is 0 Å². The van der Waals surface area contributed by atoms with Gasteiger partial charge in [-0.25, -0.2) is 15.0 Å². The van der Waals surface area contributed by atoms with E-state index in [1.165, 1.54) is 0 Å². The summed E-state index contributed by atoms with van der Waals surface area (Å²) >= 11 is 5.94. The van der Waals surface area contributed by atoms with E-state index in [1.54, 1.807) is 24.5 Å². The Morgan fingerprint density at radius 3 is 2.58 bits per heavy atom. The minimum absolute atomic E-state index is 0.117. The molecule has 0 aliphatic carbocycles. The van der Waals surface area contributed by atoms with Gasteiger partial charge in [-0.1, -0.05) is 23.7 Å². The van der Waals surface area contributed by atoms with Crippen LogP contribution in [0.25, 0.3) is 22.2 Å². The summed E-state index contributed by atoms with van der Waals surface area (Å²) in [5.41, 5.74) is 4.55. The van der Waals surface area contributed by atoms with Gasteiger partial charge in [-0.15, -0.1) is 0 Å².